The molecule has 2 unspecified atom stereocenters. The first-order chi connectivity index (χ1) is 20.3. The third kappa shape index (κ3) is 5.96. The van der Waals surface area contributed by atoms with Gasteiger partial charge < -0.3 is 25.6 Å². The lowest BCUT2D eigenvalue weighted by Crippen LogP contribution is -2.43. The first kappa shape index (κ1) is 29.4. The smallest absolute Gasteiger partial charge is 0.429 e. The van der Waals surface area contributed by atoms with Crippen LogP contribution in [0.4, 0.5) is 29.7 Å². The highest BCUT2D eigenvalue weighted by molar-refractivity contribution is 5.80. The van der Waals surface area contributed by atoms with Gasteiger partial charge in [0.2, 0.25) is 17.9 Å². The number of nitrogens with two attached hydrogens (primary N) is 1. The van der Waals surface area contributed by atoms with Gasteiger partial charge in [-0.05, 0) is 49.8 Å². The highest BCUT2D eigenvalue weighted by atomic mass is 19.4. The molecule has 2 aromatic heterocycles. The molecule has 4 N–H and O–H groups in total. The van der Waals surface area contributed by atoms with Gasteiger partial charge in [0.25, 0.3) is 0 Å². The maximum atomic E-state index is 14.5. The van der Waals surface area contributed by atoms with Gasteiger partial charge in [-0.1, -0.05) is 6.07 Å². The number of carbonyl (C=O) groups is 2. The second-order valence-corrected chi connectivity index (χ2v) is 10.7. The number of aromatic nitrogens is 4. The van der Waals surface area contributed by atoms with Crippen LogP contribution in [0, 0.1) is 23.7 Å². The van der Waals surface area contributed by atoms with Crippen LogP contribution in [0.1, 0.15) is 42.2 Å². The third-order valence-electron chi connectivity index (χ3n) is 7.84. The van der Waals surface area contributed by atoms with Crippen LogP contribution >= 0.6 is 0 Å². The van der Waals surface area contributed by atoms with Gasteiger partial charge in [-0.2, -0.15) is 33.5 Å². The summed E-state index contributed by atoms with van der Waals surface area (Å²) in [7, 11) is 0. The van der Waals surface area contributed by atoms with Crippen molar-refractivity contribution in [2.24, 2.45) is 5.41 Å². The molecule has 2 saturated heterocycles. The number of nitrogen functional groups attached to an aromatic ring is 1. The molecule has 1 aromatic carbocycles. The number of halogens is 3. The van der Waals surface area contributed by atoms with E-state index < -0.39 is 41.7 Å². The van der Waals surface area contributed by atoms with Crippen LogP contribution in [-0.2, 0) is 4.79 Å². The van der Waals surface area contributed by atoms with E-state index in [1.165, 1.54) is 29.1 Å². The zero-order valence-electron chi connectivity index (χ0n) is 22.8. The molecule has 0 aliphatic carbocycles. The van der Waals surface area contributed by atoms with E-state index >= 15 is 0 Å². The zero-order valence-corrected chi connectivity index (χ0v) is 22.8. The van der Waals surface area contributed by atoms with Gasteiger partial charge in [0.15, 0.2) is 0 Å². The summed E-state index contributed by atoms with van der Waals surface area (Å²) in [5, 5.41) is 32.5. The van der Waals surface area contributed by atoms with Crippen molar-refractivity contribution in [2.45, 2.75) is 44.5 Å². The van der Waals surface area contributed by atoms with E-state index in [0.29, 0.717) is 31.6 Å². The van der Waals surface area contributed by atoms with E-state index in [9.17, 15) is 38.2 Å². The van der Waals surface area contributed by atoms with Gasteiger partial charge in [0.05, 0.1) is 23.0 Å². The van der Waals surface area contributed by atoms with E-state index in [-0.39, 0.29) is 41.5 Å². The number of benzene rings is 1. The van der Waals surface area contributed by atoms with E-state index in [1.54, 1.807) is 17.9 Å². The summed E-state index contributed by atoms with van der Waals surface area (Å²) < 4.78 is 50.1. The average molecular weight is 601 g/mol. The molecule has 0 bridgehead atoms. The Morgan fingerprint density at radius 1 is 1.19 bits per heavy atom. The van der Waals surface area contributed by atoms with Crippen LogP contribution in [0.3, 0.4) is 0 Å². The zero-order chi connectivity index (χ0) is 31.1. The van der Waals surface area contributed by atoms with E-state index in [0.717, 1.165) is 11.0 Å². The largest absolute Gasteiger partial charge is 0.480 e. The van der Waals surface area contributed by atoms with Crippen molar-refractivity contribution in [3.05, 3.63) is 53.3 Å². The molecule has 2 aliphatic rings. The number of hydrogen-bond donors (Lipinski definition) is 3. The molecule has 2 fully saturated rings. The molecule has 2 aliphatic heterocycles. The van der Waals surface area contributed by atoms with E-state index in [4.69, 9.17) is 10.5 Å². The number of carboxylic acids is 1. The number of aliphatic carboxylic acids is 1. The number of carboxylic acid groups (broad SMARTS) is 2. The van der Waals surface area contributed by atoms with Crippen molar-refractivity contribution in [3.63, 3.8) is 0 Å². The summed E-state index contributed by atoms with van der Waals surface area (Å²) in [4.78, 5) is 34.0. The Balaban J connectivity index is 1.40. The molecular formula is C27H27F3N8O5. The molecule has 3 aromatic rings. The number of likely N-dealkylation sites (tertiary alicyclic amines) is 1. The Hall–Kier alpha value is -5.07. The quantitative estimate of drug-likeness (QED) is 0.376. The van der Waals surface area contributed by atoms with E-state index in [2.05, 4.69) is 15.1 Å². The maximum Gasteiger partial charge on any atom is 0.429 e. The molecule has 1 amide bonds. The predicted octanol–water partition coefficient (Wildman–Crippen LogP) is 3.53. The number of rotatable bonds is 6. The first-order valence-corrected chi connectivity index (χ1v) is 13.2. The number of hydrogen-bond acceptors (Lipinski definition) is 9. The number of nitriles is 1. The number of aryl methyl sites for hydroxylation is 1. The van der Waals surface area contributed by atoms with Gasteiger partial charge in [-0.3, -0.25) is 4.90 Å². The highest BCUT2D eigenvalue weighted by Gasteiger charge is 2.50. The summed E-state index contributed by atoms with van der Waals surface area (Å²) in [6.07, 6.45) is -6.19. The summed E-state index contributed by atoms with van der Waals surface area (Å²) in [6.45, 7) is 2.41. The van der Waals surface area contributed by atoms with Crippen molar-refractivity contribution < 1.29 is 37.7 Å². The van der Waals surface area contributed by atoms with Crippen molar-refractivity contribution in [1.82, 2.24) is 24.6 Å². The number of nitrogens with zero attached hydrogens (tertiary/aromatic N) is 7. The maximum absolute atomic E-state index is 14.5. The summed E-state index contributed by atoms with van der Waals surface area (Å²) in [5.41, 5.74) is 5.72. The summed E-state index contributed by atoms with van der Waals surface area (Å²) in [6, 6.07) is 7.33. The fraction of sp³-hybridized carbons (Fsp3) is 0.407. The molecule has 13 nitrogen and oxygen atoms in total. The second-order valence-electron chi connectivity index (χ2n) is 10.7. The van der Waals surface area contributed by atoms with Crippen molar-refractivity contribution in [2.75, 3.05) is 30.3 Å². The Kier molecular flexibility index (Phi) is 7.51. The van der Waals surface area contributed by atoms with Crippen molar-refractivity contribution in [1.29, 1.82) is 5.26 Å². The fourth-order valence-electron chi connectivity index (χ4n) is 5.71. The van der Waals surface area contributed by atoms with Crippen LogP contribution in [-0.4, -0.2) is 78.8 Å². The molecule has 0 radical (unpaired) electrons. The lowest BCUT2D eigenvalue weighted by Gasteiger charge is -2.39. The number of alkyl halides is 3. The fourth-order valence-corrected chi connectivity index (χ4v) is 5.71. The number of anilines is 2. The van der Waals surface area contributed by atoms with Gasteiger partial charge in [0, 0.05) is 37.5 Å². The van der Waals surface area contributed by atoms with Gasteiger partial charge in [-0.15, -0.1) is 0 Å². The first-order valence-electron chi connectivity index (χ1n) is 13.2. The Bertz CT molecular complexity index is 1570. The van der Waals surface area contributed by atoms with Crippen LogP contribution in [0.15, 0.2) is 36.5 Å². The Labute approximate surface area is 242 Å². The Morgan fingerprint density at radius 2 is 1.91 bits per heavy atom. The minimum atomic E-state index is -4.90. The van der Waals surface area contributed by atoms with Gasteiger partial charge in [-0.25, -0.2) is 14.3 Å². The van der Waals surface area contributed by atoms with Crippen LogP contribution in [0.5, 0.6) is 5.88 Å². The predicted molar refractivity (Wildman–Crippen MR) is 144 cm³/mol. The SMILES string of the molecule is Cc1ccn(-c2cc(C#N)ccc2C(Oc2cc(N3CCC4(CC3)CC(C(=O)O)N(C(=O)O)C4)nc(N)n2)C(F)(F)F)n1. The van der Waals surface area contributed by atoms with Gasteiger partial charge in [0.1, 0.15) is 11.9 Å². The number of piperidine rings is 1. The van der Waals surface area contributed by atoms with Crippen LogP contribution in [0.2, 0.25) is 0 Å². The minimum Gasteiger partial charge on any atom is -0.480 e. The lowest BCUT2D eigenvalue weighted by atomic mass is 9.76. The Morgan fingerprint density at radius 3 is 2.47 bits per heavy atom. The monoisotopic (exact) mass is 600 g/mol. The molecule has 1 spiro atoms. The molecule has 43 heavy (non-hydrogen) atoms. The highest BCUT2D eigenvalue weighted by Crippen LogP contribution is 2.45. The van der Waals surface area contributed by atoms with Gasteiger partial charge >= 0.3 is 18.2 Å². The summed E-state index contributed by atoms with van der Waals surface area (Å²) in [5.74, 6) is -1.75. The summed E-state index contributed by atoms with van der Waals surface area (Å²) >= 11 is 0. The number of amides is 1. The van der Waals surface area contributed by atoms with Crippen LogP contribution in [0.25, 0.3) is 5.69 Å². The van der Waals surface area contributed by atoms with Crippen LogP contribution < -0.4 is 15.4 Å². The van der Waals surface area contributed by atoms with Crippen molar-refractivity contribution >= 4 is 23.8 Å². The molecule has 16 heteroatoms. The lowest BCUT2D eigenvalue weighted by molar-refractivity contribution is -0.198. The third-order valence-corrected chi connectivity index (χ3v) is 7.84. The minimum absolute atomic E-state index is 0.00434. The standard InChI is InChI=1S/C27H27F3N8O5/c1-15-4-7-38(35-15)18-10-16(13-31)2-3-17(18)22(27(28,29)30)43-21-11-20(33-24(32)34-21)36-8-5-26(6-9-36)12-19(23(39)40)37(14-26)25(41)42/h2-4,7,10-11,19,22H,5-6,8-9,12,14H2,1H3,(H,39,40)(H,41,42)(H2,32,33,34). The second kappa shape index (κ2) is 11.0. The molecule has 4 heterocycles. The topological polar surface area (TPSA) is 184 Å². The van der Waals surface area contributed by atoms with Crippen molar-refractivity contribution in [3.8, 4) is 17.6 Å². The number of ether oxygens (including phenoxy) is 1. The van der Waals surface area contributed by atoms with E-state index in [1.807, 2.05) is 6.07 Å². The molecule has 2 atom stereocenters. The molecular weight excluding hydrogens is 573 g/mol. The molecule has 5 rings (SSSR count). The molecule has 226 valence electrons. The average Bonchev–Trinajstić information content (AvgIpc) is 3.55. The molecule has 0 saturated carbocycles. The normalized spacial score (nSPS) is 18.8.